The SMILES string of the molecule is COC(=O)c1ccc(OCCN(CCOc2ccc(C(=O)OC)cc2OC)C(=O)C(F)(F)F)c(OC)c1. The lowest BCUT2D eigenvalue weighted by Crippen LogP contribution is -2.45. The number of esters is 2. The van der Waals surface area contributed by atoms with E-state index in [9.17, 15) is 27.6 Å². The van der Waals surface area contributed by atoms with Gasteiger partial charge in [0.05, 0.1) is 52.7 Å². The molecule has 1 amide bonds. The molecule has 0 N–H and O–H groups in total. The van der Waals surface area contributed by atoms with E-state index >= 15 is 0 Å². The van der Waals surface area contributed by atoms with Crippen LogP contribution in [0.4, 0.5) is 13.2 Å². The molecule has 0 aliphatic rings. The zero-order valence-corrected chi connectivity index (χ0v) is 20.5. The van der Waals surface area contributed by atoms with E-state index in [1.54, 1.807) is 0 Å². The Morgan fingerprint density at radius 2 is 1.11 bits per heavy atom. The molecule has 0 saturated carbocycles. The van der Waals surface area contributed by atoms with Crippen LogP contribution in [-0.4, -0.2) is 83.7 Å². The van der Waals surface area contributed by atoms with Crippen LogP contribution in [0.25, 0.3) is 0 Å². The van der Waals surface area contributed by atoms with Crippen molar-refractivity contribution in [2.45, 2.75) is 6.18 Å². The Bertz CT molecular complexity index is 1030. The highest BCUT2D eigenvalue weighted by atomic mass is 19.4. The van der Waals surface area contributed by atoms with Crippen molar-refractivity contribution in [1.29, 1.82) is 0 Å². The molecule has 0 saturated heterocycles. The van der Waals surface area contributed by atoms with Crippen molar-refractivity contribution in [3.8, 4) is 23.0 Å². The summed E-state index contributed by atoms with van der Waals surface area (Å²) in [5.41, 5.74) is 0.376. The van der Waals surface area contributed by atoms with Crippen molar-refractivity contribution < 1.29 is 56.0 Å². The summed E-state index contributed by atoms with van der Waals surface area (Å²) in [6, 6.07) is 8.30. The Kier molecular flexibility index (Phi) is 10.4. The van der Waals surface area contributed by atoms with Gasteiger partial charge in [-0.25, -0.2) is 9.59 Å². The highest BCUT2D eigenvalue weighted by Gasteiger charge is 2.42. The number of carbonyl (C=O) groups is 3. The molecule has 0 aromatic heterocycles. The molecule has 37 heavy (non-hydrogen) atoms. The fraction of sp³-hybridized carbons (Fsp3) is 0.375. The summed E-state index contributed by atoms with van der Waals surface area (Å²) in [6.07, 6.45) is -5.11. The minimum absolute atomic E-state index is 0.154. The van der Waals surface area contributed by atoms with Gasteiger partial charge in [-0.15, -0.1) is 0 Å². The summed E-state index contributed by atoms with van der Waals surface area (Å²) >= 11 is 0. The third kappa shape index (κ3) is 7.92. The molecule has 13 heteroatoms. The number of benzene rings is 2. The summed E-state index contributed by atoms with van der Waals surface area (Å²) in [5.74, 6) is -2.67. The first-order valence-corrected chi connectivity index (χ1v) is 10.7. The number of amides is 1. The number of nitrogens with zero attached hydrogens (tertiary/aromatic N) is 1. The Hall–Kier alpha value is -4.16. The van der Waals surface area contributed by atoms with Gasteiger partial charge in [0.25, 0.3) is 0 Å². The Morgan fingerprint density at radius 3 is 1.43 bits per heavy atom. The first-order valence-electron chi connectivity index (χ1n) is 10.7. The van der Waals surface area contributed by atoms with Crippen LogP contribution >= 0.6 is 0 Å². The van der Waals surface area contributed by atoms with Gasteiger partial charge in [0.1, 0.15) is 13.2 Å². The zero-order chi connectivity index (χ0) is 27.6. The number of ether oxygens (including phenoxy) is 6. The van der Waals surface area contributed by atoms with E-state index in [0.717, 1.165) is 0 Å². The van der Waals surface area contributed by atoms with Crippen LogP contribution in [0, 0.1) is 0 Å². The molecular weight excluding hydrogens is 503 g/mol. The minimum Gasteiger partial charge on any atom is -0.493 e. The van der Waals surface area contributed by atoms with Gasteiger partial charge in [-0.2, -0.15) is 13.2 Å². The molecule has 2 rings (SSSR count). The van der Waals surface area contributed by atoms with Crippen molar-refractivity contribution >= 4 is 17.8 Å². The van der Waals surface area contributed by atoms with Crippen molar-refractivity contribution in [2.24, 2.45) is 0 Å². The zero-order valence-electron chi connectivity index (χ0n) is 20.5. The molecule has 2 aromatic carbocycles. The number of hydrogen-bond acceptors (Lipinski definition) is 9. The summed E-state index contributed by atoms with van der Waals surface area (Å²) in [7, 11) is 5.07. The van der Waals surface area contributed by atoms with Crippen LogP contribution in [-0.2, 0) is 14.3 Å². The molecule has 0 aliphatic heterocycles. The van der Waals surface area contributed by atoms with E-state index in [2.05, 4.69) is 9.47 Å². The van der Waals surface area contributed by atoms with Gasteiger partial charge in [0.15, 0.2) is 23.0 Å². The monoisotopic (exact) mass is 529 g/mol. The van der Waals surface area contributed by atoms with Gasteiger partial charge in [-0.3, -0.25) is 4.79 Å². The van der Waals surface area contributed by atoms with Crippen molar-refractivity contribution in [2.75, 3.05) is 54.7 Å². The predicted octanol–water partition coefficient (Wildman–Crippen LogP) is 3.13. The molecule has 0 fully saturated rings. The molecule has 0 unspecified atom stereocenters. The van der Waals surface area contributed by atoms with Gasteiger partial charge in [-0.05, 0) is 36.4 Å². The van der Waals surface area contributed by atoms with Crippen molar-refractivity contribution in [1.82, 2.24) is 4.90 Å². The number of alkyl halides is 3. The molecule has 0 bridgehead atoms. The smallest absolute Gasteiger partial charge is 0.471 e. The van der Waals surface area contributed by atoms with E-state index < -0.39 is 37.1 Å². The Labute approximate surface area is 210 Å². The van der Waals surface area contributed by atoms with Crippen LogP contribution in [0.3, 0.4) is 0 Å². The van der Waals surface area contributed by atoms with Gasteiger partial charge in [0, 0.05) is 0 Å². The van der Waals surface area contributed by atoms with Crippen LogP contribution in [0.15, 0.2) is 36.4 Å². The first-order chi connectivity index (χ1) is 17.5. The second-order valence-corrected chi connectivity index (χ2v) is 7.20. The number of hydrogen-bond donors (Lipinski definition) is 0. The average molecular weight is 529 g/mol. The number of methoxy groups -OCH3 is 4. The van der Waals surface area contributed by atoms with Gasteiger partial charge < -0.3 is 33.3 Å². The van der Waals surface area contributed by atoms with Crippen LogP contribution in [0.2, 0.25) is 0 Å². The third-order valence-corrected chi connectivity index (χ3v) is 4.94. The molecule has 0 spiro atoms. The maximum Gasteiger partial charge on any atom is 0.471 e. The highest BCUT2D eigenvalue weighted by molar-refractivity contribution is 5.90. The van der Waals surface area contributed by atoms with E-state index in [1.165, 1.54) is 64.8 Å². The van der Waals surface area contributed by atoms with Crippen molar-refractivity contribution in [3.63, 3.8) is 0 Å². The van der Waals surface area contributed by atoms with E-state index in [0.29, 0.717) is 4.90 Å². The van der Waals surface area contributed by atoms with Gasteiger partial charge in [0.2, 0.25) is 0 Å². The quantitative estimate of drug-likeness (QED) is 0.383. The van der Waals surface area contributed by atoms with E-state index in [1.807, 2.05) is 0 Å². The van der Waals surface area contributed by atoms with Crippen LogP contribution in [0.1, 0.15) is 20.7 Å². The largest absolute Gasteiger partial charge is 0.493 e. The number of carbonyl (C=O) groups excluding carboxylic acids is 3. The maximum absolute atomic E-state index is 13.1. The lowest BCUT2D eigenvalue weighted by Gasteiger charge is -2.24. The fourth-order valence-electron chi connectivity index (χ4n) is 3.09. The minimum atomic E-state index is -5.11. The Balaban J connectivity index is 2.06. The summed E-state index contributed by atoms with van der Waals surface area (Å²) < 4.78 is 70.0. The molecule has 0 atom stereocenters. The summed E-state index contributed by atoms with van der Waals surface area (Å²) in [4.78, 5) is 35.8. The lowest BCUT2D eigenvalue weighted by molar-refractivity contribution is -0.186. The number of halogens is 3. The molecule has 0 aliphatic carbocycles. The molecular formula is C24H26F3NO9. The number of rotatable bonds is 12. The lowest BCUT2D eigenvalue weighted by atomic mass is 10.2. The predicted molar refractivity (Wildman–Crippen MR) is 122 cm³/mol. The second-order valence-electron chi connectivity index (χ2n) is 7.20. The van der Waals surface area contributed by atoms with Crippen LogP contribution < -0.4 is 18.9 Å². The standard InChI is InChI=1S/C24H26F3NO9/c1-32-19-13-15(21(29)34-3)5-7-17(19)36-11-9-28(23(31)24(25,26)27)10-12-37-18-8-6-16(22(30)35-4)14-20(18)33-2/h5-8,13-14H,9-12H2,1-4H3. The van der Waals surface area contributed by atoms with Crippen LogP contribution in [0.5, 0.6) is 23.0 Å². The van der Waals surface area contributed by atoms with E-state index in [4.69, 9.17) is 18.9 Å². The van der Waals surface area contributed by atoms with E-state index in [-0.39, 0.29) is 47.3 Å². The molecule has 2 aromatic rings. The van der Waals surface area contributed by atoms with Gasteiger partial charge >= 0.3 is 24.0 Å². The molecule has 0 heterocycles. The normalized spacial score (nSPS) is 10.8. The summed E-state index contributed by atoms with van der Waals surface area (Å²) in [5, 5.41) is 0. The third-order valence-electron chi connectivity index (χ3n) is 4.94. The van der Waals surface area contributed by atoms with Crippen molar-refractivity contribution in [3.05, 3.63) is 47.5 Å². The summed E-state index contributed by atoms with van der Waals surface area (Å²) in [6.45, 7) is -1.48. The molecule has 202 valence electrons. The average Bonchev–Trinajstić information content (AvgIpc) is 2.90. The first kappa shape index (κ1) is 29.1. The second kappa shape index (κ2) is 13.2. The van der Waals surface area contributed by atoms with Gasteiger partial charge in [-0.1, -0.05) is 0 Å². The topological polar surface area (TPSA) is 110 Å². The highest BCUT2D eigenvalue weighted by Crippen LogP contribution is 2.30. The maximum atomic E-state index is 13.1. The Morgan fingerprint density at radius 1 is 0.703 bits per heavy atom. The molecule has 10 nitrogen and oxygen atoms in total. The fourth-order valence-corrected chi connectivity index (χ4v) is 3.09. The molecule has 0 radical (unpaired) electrons.